The molecule has 2 aromatic rings. The maximum Gasteiger partial charge on any atom is 0.269 e. The summed E-state index contributed by atoms with van der Waals surface area (Å²) in [4.78, 5) is 43.8. The average molecular weight is 530 g/mol. The minimum atomic E-state index is -4.05. The van der Waals surface area contributed by atoms with Gasteiger partial charge in [0, 0.05) is 57.3 Å². The van der Waals surface area contributed by atoms with Crippen molar-refractivity contribution in [2.75, 3.05) is 77.3 Å². The lowest BCUT2D eigenvalue weighted by Crippen LogP contribution is -2.48. The predicted molar refractivity (Wildman–Crippen MR) is 138 cm³/mol. The van der Waals surface area contributed by atoms with Crippen LogP contribution in [-0.2, 0) is 19.6 Å². The first-order valence-electron chi connectivity index (χ1n) is 11.9. The summed E-state index contributed by atoms with van der Waals surface area (Å²) in [5.41, 5.74) is 1.30. The van der Waals surface area contributed by atoms with Crippen LogP contribution in [0.5, 0.6) is 0 Å². The number of hydrogen-bond donors (Lipinski definition) is 1. The molecule has 1 N–H and O–H groups in total. The summed E-state index contributed by atoms with van der Waals surface area (Å²) in [6.07, 6.45) is 0. The van der Waals surface area contributed by atoms with Gasteiger partial charge in [-0.15, -0.1) is 0 Å². The Labute approximate surface area is 216 Å². The lowest BCUT2D eigenvalue weighted by Gasteiger charge is -2.32. The van der Waals surface area contributed by atoms with Crippen LogP contribution >= 0.6 is 0 Å². The van der Waals surface area contributed by atoms with Crippen LogP contribution in [0.3, 0.4) is 0 Å². The number of rotatable bonds is 8. The quantitative estimate of drug-likeness (QED) is 0.537. The van der Waals surface area contributed by atoms with Crippen molar-refractivity contribution in [3.8, 4) is 0 Å². The molecule has 0 aromatic heterocycles. The number of hydrogen-bond acceptors (Lipinski definition) is 8. The van der Waals surface area contributed by atoms with Gasteiger partial charge in [-0.25, -0.2) is 12.7 Å². The maximum atomic E-state index is 12.8. The highest BCUT2D eigenvalue weighted by molar-refractivity contribution is 7.90. The van der Waals surface area contributed by atoms with Gasteiger partial charge in [0.1, 0.15) is 4.90 Å². The van der Waals surface area contributed by atoms with E-state index in [4.69, 9.17) is 4.74 Å². The molecule has 12 heteroatoms. The molecule has 0 spiro atoms. The summed E-state index contributed by atoms with van der Waals surface area (Å²) < 4.78 is 31.3. The number of piperazine rings is 1. The van der Waals surface area contributed by atoms with E-state index >= 15 is 0 Å². The summed E-state index contributed by atoms with van der Waals surface area (Å²) in [6.45, 7) is 3.88. The zero-order chi connectivity index (χ0) is 26.7. The van der Waals surface area contributed by atoms with Gasteiger partial charge in [-0.1, -0.05) is 0 Å². The van der Waals surface area contributed by atoms with E-state index in [9.17, 15) is 22.8 Å². The number of benzene rings is 2. The van der Waals surface area contributed by atoms with Gasteiger partial charge in [0.25, 0.3) is 21.8 Å². The second-order valence-electron chi connectivity index (χ2n) is 9.12. The molecule has 4 rings (SSSR count). The number of carbonyl (C=O) groups excluding carboxylic acids is 3. The van der Waals surface area contributed by atoms with E-state index in [-0.39, 0.29) is 35.1 Å². The molecule has 0 aliphatic carbocycles. The van der Waals surface area contributed by atoms with Crippen LogP contribution in [0.15, 0.2) is 47.4 Å². The van der Waals surface area contributed by atoms with Crippen molar-refractivity contribution in [1.82, 2.24) is 14.1 Å². The molecule has 2 heterocycles. The Morgan fingerprint density at radius 2 is 1.73 bits per heavy atom. The van der Waals surface area contributed by atoms with Crippen LogP contribution < -0.4 is 10.2 Å². The first-order valence-corrected chi connectivity index (χ1v) is 13.3. The number of nitrogens with zero attached hydrogens (tertiary/aromatic N) is 4. The van der Waals surface area contributed by atoms with Crippen molar-refractivity contribution in [3.05, 3.63) is 53.6 Å². The Kier molecular flexibility index (Phi) is 7.93. The fourth-order valence-electron chi connectivity index (χ4n) is 4.23. The second-order valence-corrected chi connectivity index (χ2v) is 10.9. The monoisotopic (exact) mass is 529 g/mol. The van der Waals surface area contributed by atoms with E-state index in [0.717, 1.165) is 30.5 Å². The minimum absolute atomic E-state index is 0.0187. The van der Waals surface area contributed by atoms with Gasteiger partial charge in [-0.2, -0.15) is 0 Å². The SMILES string of the molecule is COCCN1C(=O)c2ccc(C(=O)Nc3ccc(N(C)C(=O)CN4CCN(C)CC4)cc3)cc2S1(=O)=O. The van der Waals surface area contributed by atoms with E-state index in [1.807, 2.05) is 0 Å². The molecule has 1 fully saturated rings. The molecule has 37 heavy (non-hydrogen) atoms. The molecule has 2 aromatic carbocycles. The van der Waals surface area contributed by atoms with Crippen LogP contribution in [0.2, 0.25) is 0 Å². The van der Waals surface area contributed by atoms with E-state index in [1.165, 1.54) is 25.3 Å². The summed E-state index contributed by atoms with van der Waals surface area (Å²) >= 11 is 0. The molecule has 0 bridgehead atoms. The Morgan fingerprint density at radius 1 is 1.05 bits per heavy atom. The molecule has 0 radical (unpaired) electrons. The van der Waals surface area contributed by atoms with Gasteiger partial charge in [0.15, 0.2) is 0 Å². The zero-order valence-corrected chi connectivity index (χ0v) is 22.0. The molecule has 198 valence electrons. The molecule has 11 nitrogen and oxygen atoms in total. The Morgan fingerprint density at radius 3 is 2.38 bits per heavy atom. The first kappa shape index (κ1) is 26.7. The smallest absolute Gasteiger partial charge is 0.269 e. The third kappa shape index (κ3) is 5.67. The van der Waals surface area contributed by atoms with E-state index in [1.54, 1.807) is 36.2 Å². The van der Waals surface area contributed by atoms with Gasteiger partial charge in [0.2, 0.25) is 5.91 Å². The second kappa shape index (κ2) is 11.0. The number of amides is 3. The fraction of sp³-hybridized carbons (Fsp3) is 0.400. The molecule has 2 aliphatic heterocycles. The minimum Gasteiger partial charge on any atom is -0.383 e. The molecular weight excluding hydrogens is 498 g/mol. The number of fused-ring (bicyclic) bond motifs is 1. The molecule has 0 unspecified atom stereocenters. The summed E-state index contributed by atoms with van der Waals surface area (Å²) in [7, 11) is 1.15. The standard InChI is InChI=1S/C25H31N5O6S/c1-27-10-12-29(13-11-27)17-23(31)28(2)20-7-5-19(6-8-20)26-24(32)18-4-9-21-22(16-18)37(34,35)30(25(21)33)14-15-36-3/h4-9,16H,10-15,17H2,1-3H3,(H,26,32). The van der Waals surface area contributed by atoms with Crippen molar-refractivity contribution in [2.45, 2.75) is 4.90 Å². The molecular formula is C25H31N5O6S. The largest absolute Gasteiger partial charge is 0.383 e. The van der Waals surface area contributed by atoms with Gasteiger partial charge < -0.3 is 19.9 Å². The van der Waals surface area contributed by atoms with Crippen molar-refractivity contribution in [3.63, 3.8) is 0 Å². The van der Waals surface area contributed by atoms with E-state index in [0.29, 0.717) is 17.9 Å². The maximum absolute atomic E-state index is 12.8. The predicted octanol–water partition coefficient (Wildman–Crippen LogP) is 0.940. The van der Waals surface area contributed by atoms with Gasteiger partial charge in [-0.05, 0) is 49.5 Å². The van der Waals surface area contributed by atoms with Gasteiger partial charge >= 0.3 is 0 Å². The summed E-state index contributed by atoms with van der Waals surface area (Å²) in [5.74, 6) is -1.18. The topological polar surface area (TPSA) is 120 Å². The molecule has 3 amide bonds. The first-order chi connectivity index (χ1) is 17.6. The van der Waals surface area contributed by atoms with E-state index < -0.39 is 21.8 Å². The highest BCUT2D eigenvalue weighted by Crippen LogP contribution is 2.31. The lowest BCUT2D eigenvalue weighted by atomic mass is 10.1. The van der Waals surface area contributed by atoms with Crippen LogP contribution in [0.4, 0.5) is 11.4 Å². The highest BCUT2D eigenvalue weighted by atomic mass is 32.2. The number of carbonyl (C=O) groups is 3. The number of nitrogens with one attached hydrogen (secondary N) is 1. The van der Waals surface area contributed by atoms with Crippen molar-refractivity contribution in [1.29, 1.82) is 0 Å². The number of ether oxygens (including phenoxy) is 1. The molecule has 2 aliphatic rings. The Bertz CT molecular complexity index is 1290. The molecule has 1 saturated heterocycles. The van der Waals surface area contributed by atoms with Crippen molar-refractivity contribution < 1.29 is 27.5 Å². The summed E-state index contributed by atoms with van der Waals surface area (Å²) in [5, 5.41) is 2.73. The van der Waals surface area contributed by atoms with Crippen molar-refractivity contribution >= 4 is 39.1 Å². The average Bonchev–Trinajstić information content (AvgIpc) is 3.08. The zero-order valence-electron chi connectivity index (χ0n) is 21.1. The van der Waals surface area contributed by atoms with Crippen LogP contribution in [-0.4, -0.2) is 107 Å². The van der Waals surface area contributed by atoms with E-state index in [2.05, 4.69) is 22.2 Å². The van der Waals surface area contributed by atoms with Crippen LogP contribution in [0, 0.1) is 0 Å². The van der Waals surface area contributed by atoms with Gasteiger partial charge in [-0.3, -0.25) is 19.3 Å². The Hall–Kier alpha value is -3.32. The normalized spacial score (nSPS) is 17.5. The number of sulfonamides is 1. The third-order valence-electron chi connectivity index (χ3n) is 6.61. The lowest BCUT2D eigenvalue weighted by molar-refractivity contribution is -0.119. The molecule has 0 saturated carbocycles. The van der Waals surface area contributed by atoms with Crippen LogP contribution in [0.25, 0.3) is 0 Å². The Balaban J connectivity index is 1.40. The third-order valence-corrected chi connectivity index (χ3v) is 8.43. The fourth-order valence-corrected chi connectivity index (χ4v) is 5.81. The molecule has 0 atom stereocenters. The highest BCUT2D eigenvalue weighted by Gasteiger charge is 2.41. The van der Waals surface area contributed by atoms with Gasteiger partial charge in [0.05, 0.1) is 25.3 Å². The number of likely N-dealkylation sites (N-methyl/N-ethyl adjacent to an activating group) is 2. The number of methoxy groups -OCH3 is 1. The number of anilines is 2. The summed E-state index contributed by atoms with van der Waals surface area (Å²) in [6, 6.07) is 10.8. The van der Waals surface area contributed by atoms with Crippen molar-refractivity contribution in [2.24, 2.45) is 0 Å². The van der Waals surface area contributed by atoms with Crippen LogP contribution in [0.1, 0.15) is 20.7 Å².